The molecule has 0 fully saturated rings. The Hall–Kier alpha value is -3.02. The van der Waals surface area contributed by atoms with Gasteiger partial charge in [0.25, 0.3) is 5.88 Å². The number of unbranched alkanes of at least 4 members (excludes halogenated alkanes) is 3. The Morgan fingerprint density at radius 2 is 1.67 bits per heavy atom. The summed E-state index contributed by atoms with van der Waals surface area (Å²) in [6, 6.07) is 16.8. The highest BCUT2D eigenvalue weighted by molar-refractivity contribution is 5.63. The van der Waals surface area contributed by atoms with E-state index in [1.165, 1.54) is 19.3 Å². The van der Waals surface area contributed by atoms with Crippen LogP contribution in [0.4, 0.5) is 0 Å². The number of benzene rings is 2. The summed E-state index contributed by atoms with van der Waals surface area (Å²) in [6.45, 7) is 2.88. The molecule has 0 saturated carbocycles. The van der Waals surface area contributed by atoms with Crippen LogP contribution < -0.4 is 9.47 Å². The molecule has 0 bridgehead atoms. The van der Waals surface area contributed by atoms with Gasteiger partial charge in [0.05, 0.1) is 13.7 Å². The number of H-pyrrole nitrogens is 1. The molecule has 0 spiro atoms. The van der Waals surface area contributed by atoms with Gasteiger partial charge in [0, 0.05) is 5.56 Å². The minimum Gasteiger partial charge on any atom is -0.504 e. The van der Waals surface area contributed by atoms with E-state index in [0.29, 0.717) is 18.2 Å². The van der Waals surface area contributed by atoms with E-state index in [1.807, 2.05) is 36.4 Å². The number of hydrogen-bond acceptors (Lipinski definition) is 5. The quantitative estimate of drug-likeness (QED) is 0.556. The molecule has 1 heterocycles. The molecule has 0 saturated heterocycles. The molecule has 0 aliphatic carbocycles. The fourth-order valence-electron chi connectivity index (χ4n) is 2.44. The molecule has 0 amide bonds. The normalized spacial score (nSPS) is 10.0. The van der Waals surface area contributed by atoms with Crippen LogP contribution in [0.15, 0.2) is 54.6 Å². The summed E-state index contributed by atoms with van der Waals surface area (Å²) in [6.07, 6.45) is 4.74. The number of nitrogens with zero attached hydrogens (tertiary/aromatic N) is 2. The van der Waals surface area contributed by atoms with Gasteiger partial charge in [0.15, 0.2) is 17.2 Å². The van der Waals surface area contributed by atoms with Crippen LogP contribution in [0.1, 0.15) is 32.6 Å². The van der Waals surface area contributed by atoms with Crippen LogP contribution in [-0.4, -0.2) is 34.2 Å². The first-order valence-corrected chi connectivity index (χ1v) is 9.17. The third-order valence-electron chi connectivity index (χ3n) is 3.88. The average Bonchev–Trinajstić information content (AvgIpc) is 3.19. The fraction of sp³-hybridized carbons (Fsp3) is 0.333. The molecule has 3 rings (SSSR count). The molecule has 1 aromatic heterocycles. The minimum atomic E-state index is 0.225. The van der Waals surface area contributed by atoms with E-state index in [-0.39, 0.29) is 5.75 Å². The van der Waals surface area contributed by atoms with Gasteiger partial charge in [-0.3, -0.25) is 0 Å². The largest absolute Gasteiger partial charge is 0.504 e. The first kappa shape index (κ1) is 20.3. The van der Waals surface area contributed by atoms with Gasteiger partial charge in [-0.25, -0.2) is 0 Å². The van der Waals surface area contributed by atoms with Gasteiger partial charge in [-0.1, -0.05) is 68.7 Å². The van der Waals surface area contributed by atoms with Crippen LogP contribution >= 0.6 is 0 Å². The number of para-hydroxylation sites is 2. The molecule has 3 aromatic rings. The summed E-state index contributed by atoms with van der Waals surface area (Å²) in [7, 11) is 1.57. The van der Waals surface area contributed by atoms with Gasteiger partial charge in [0.1, 0.15) is 0 Å². The van der Waals surface area contributed by atoms with Crippen molar-refractivity contribution in [2.24, 2.45) is 0 Å². The fourth-order valence-corrected chi connectivity index (χ4v) is 2.44. The van der Waals surface area contributed by atoms with Crippen LogP contribution in [0.25, 0.3) is 11.3 Å². The molecule has 2 N–H and O–H groups in total. The number of phenols is 1. The van der Waals surface area contributed by atoms with Crippen LogP contribution in [-0.2, 0) is 0 Å². The van der Waals surface area contributed by atoms with Crippen molar-refractivity contribution in [1.29, 1.82) is 0 Å². The topological polar surface area (TPSA) is 80.3 Å². The number of methoxy groups -OCH3 is 1. The molecule has 6 nitrogen and oxygen atoms in total. The van der Waals surface area contributed by atoms with Gasteiger partial charge in [-0.2, -0.15) is 10.3 Å². The number of nitrogens with one attached hydrogen (secondary N) is 1. The summed E-state index contributed by atoms with van der Waals surface area (Å²) in [5.41, 5.74) is 1.73. The van der Waals surface area contributed by atoms with Gasteiger partial charge in [-0.15, -0.1) is 5.10 Å². The summed E-state index contributed by atoms with van der Waals surface area (Å²) < 4.78 is 10.5. The number of aromatic hydroxyl groups is 1. The molecule has 0 atom stereocenters. The summed E-state index contributed by atoms with van der Waals surface area (Å²) in [5, 5.41) is 19.8. The molecule has 0 radical (unpaired) electrons. The lowest BCUT2D eigenvalue weighted by atomic mass is 10.2. The highest BCUT2D eigenvalue weighted by Crippen LogP contribution is 2.25. The first-order chi connectivity index (χ1) is 13.3. The van der Waals surface area contributed by atoms with Crippen molar-refractivity contribution >= 4 is 0 Å². The van der Waals surface area contributed by atoms with Crippen molar-refractivity contribution < 1.29 is 14.6 Å². The number of aromatic nitrogens is 3. The second-order valence-electron chi connectivity index (χ2n) is 5.92. The van der Waals surface area contributed by atoms with E-state index < -0.39 is 0 Å². The van der Waals surface area contributed by atoms with Crippen LogP contribution in [0.2, 0.25) is 0 Å². The molecular weight excluding hydrogens is 342 g/mol. The molecule has 0 unspecified atom stereocenters. The smallest absolute Gasteiger partial charge is 0.261 e. The highest BCUT2D eigenvalue weighted by Gasteiger charge is 2.08. The average molecular weight is 369 g/mol. The number of rotatable bonds is 8. The van der Waals surface area contributed by atoms with E-state index in [4.69, 9.17) is 9.47 Å². The Balaban J connectivity index is 0.000000194. The first-order valence-electron chi connectivity index (χ1n) is 9.17. The number of phenolic OH excluding ortho intramolecular Hbond substituents is 1. The predicted molar refractivity (Wildman–Crippen MR) is 106 cm³/mol. The maximum atomic E-state index is 9.39. The van der Waals surface area contributed by atoms with Crippen molar-refractivity contribution in [2.75, 3.05) is 13.7 Å². The van der Waals surface area contributed by atoms with E-state index in [9.17, 15) is 5.11 Å². The number of hydrogen-bond donors (Lipinski definition) is 2. The molecule has 0 aliphatic rings. The minimum absolute atomic E-state index is 0.225. The zero-order valence-corrected chi connectivity index (χ0v) is 15.9. The Morgan fingerprint density at radius 1 is 0.926 bits per heavy atom. The molecule has 144 valence electrons. The zero-order valence-electron chi connectivity index (χ0n) is 15.9. The van der Waals surface area contributed by atoms with Crippen molar-refractivity contribution in [2.45, 2.75) is 32.6 Å². The highest BCUT2D eigenvalue weighted by atomic mass is 16.5. The number of ether oxygens (including phenoxy) is 2. The van der Waals surface area contributed by atoms with Gasteiger partial charge in [0.2, 0.25) is 0 Å². The SMILES string of the molecule is CCCCCCOc1ccccc1O.COc1n[nH]nc1-c1ccccc1. The lowest BCUT2D eigenvalue weighted by molar-refractivity contribution is 0.289. The Kier molecular flexibility index (Phi) is 8.69. The van der Waals surface area contributed by atoms with Crippen molar-refractivity contribution in [3.63, 3.8) is 0 Å². The third kappa shape index (κ3) is 6.66. The van der Waals surface area contributed by atoms with Crippen molar-refractivity contribution in [1.82, 2.24) is 15.4 Å². The third-order valence-corrected chi connectivity index (χ3v) is 3.88. The van der Waals surface area contributed by atoms with Crippen LogP contribution in [0.3, 0.4) is 0 Å². The standard InChI is InChI=1S/C12H18O2.C9H9N3O/c1-2-3-4-7-10-14-12-9-6-5-8-11(12)13;1-13-9-8(10-12-11-9)7-5-3-2-4-6-7/h5-6,8-9,13H,2-4,7,10H2,1H3;2-6H,1H3,(H,10,11,12). The lowest BCUT2D eigenvalue weighted by Gasteiger charge is -2.06. The van der Waals surface area contributed by atoms with E-state index in [1.54, 1.807) is 25.3 Å². The van der Waals surface area contributed by atoms with Gasteiger partial charge < -0.3 is 14.6 Å². The maximum Gasteiger partial charge on any atom is 0.261 e. The molecule has 2 aromatic carbocycles. The number of aromatic amines is 1. The van der Waals surface area contributed by atoms with E-state index >= 15 is 0 Å². The Labute approximate surface area is 160 Å². The van der Waals surface area contributed by atoms with Crippen LogP contribution in [0.5, 0.6) is 17.4 Å². The molecular formula is C21H27N3O3. The predicted octanol–water partition coefficient (Wildman–Crippen LogP) is 4.83. The van der Waals surface area contributed by atoms with Crippen molar-refractivity contribution in [3.8, 4) is 28.6 Å². The second kappa shape index (κ2) is 11.6. The Bertz CT molecular complexity index is 775. The van der Waals surface area contributed by atoms with E-state index in [0.717, 1.165) is 17.7 Å². The molecule has 6 heteroatoms. The van der Waals surface area contributed by atoms with Crippen molar-refractivity contribution in [3.05, 3.63) is 54.6 Å². The lowest BCUT2D eigenvalue weighted by Crippen LogP contribution is -1.97. The monoisotopic (exact) mass is 369 g/mol. The van der Waals surface area contributed by atoms with Gasteiger partial charge >= 0.3 is 0 Å². The zero-order chi connectivity index (χ0) is 19.3. The van der Waals surface area contributed by atoms with E-state index in [2.05, 4.69) is 22.3 Å². The second-order valence-corrected chi connectivity index (χ2v) is 5.92. The van der Waals surface area contributed by atoms with Crippen LogP contribution in [0, 0.1) is 0 Å². The molecule has 0 aliphatic heterocycles. The summed E-state index contributed by atoms with van der Waals surface area (Å²) >= 11 is 0. The summed E-state index contributed by atoms with van der Waals surface area (Å²) in [5.74, 6) is 1.33. The Morgan fingerprint density at radius 3 is 2.37 bits per heavy atom. The molecule has 27 heavy (non-hydrogen) atoms. The summed E-state index contributed by atoms with van der Waals surface area (Å²) in [4.78, 5) is 0. The van der Waals surface area contributed by atoms with Gasteiger partial charge in [-0.05, 0) is 18.6 Å². The maximum absolute atomic E-state index is 9.39.